The van der Waals surface area contributed by atoms with Crippen LogP contribution in [0, 0.1) is 12.7 Å². The molecule has 14 heteroatoms. The maximum Gasteiger partial charge on any atom is 0.429 e. The Morgan fingerprint density at radius 2 is 1.67 bits per heavy atom. The van der Waals surface area contributed by atoms with E-state index in [-0.39, 0.29) is 5.56 Å². The smallest absolute Gasteiger partial charge is 0.429 e. The van der Waals surface area contributed by atoms with Gasteiger partial charge in [-0.2, -0.15) is 35.7 Å². The number of hydrogen-bond acceptors (Lipinski definition) is 5. The summed E-state index contributed by atoms with van der Waals surface area (Å²) < 4.78 is 95.8. The topological polar surface area (TPSA) is 82.2 Å². The van der Waals surface area contributed by atoms with Crippen molar-refractivity contribution in [1.82, 2.24) is 19.8 Å². The molecule has 2 rings (SSSR count). The van der Waals surface area contributed by atoms with E-state index in [1.807, 2.05) is 0 Å². The van der Waals surface area contributed by atoms with Crippen molar-refractivity contribution in [1.29, 1.82) is 0 Å². The quantitative estimate of drug-likeness (QED) is 0.784. The fourth-order valence-electron chi connectivity index (χ4n) is 1.90. The van der Waals surface area contributed by atoms with Crippen LogP contribution in [0.5, 0.6) is 5.75 Å². The van der Waals surface area contributed by atoms with Crippen LogP contribution in [0.15, 0.2) is 16.9 Å². The van der Waals surface area contributed by atoms with Gasteiger partial charge in [-0.15, -0.1) is 0 Å². The molecular weight excluding hydrogens is 393 g/mol. The summed E-state index contributed by atoms with van der Waals surface area (Å²) in [7, 11) is 1.18. The van der Waals surface area contributed by atoms with Crippen LogP contribution < -0.4 is 10.4 Å². The van der Waals surface area contributed by atoms with Gasteiger partial charge in [-0.1, -0.05) is 0 Å². The number of benzene rings is 1. The summed E-state index contributed by atoms with van der Waals surface area (Å²) in [5.74, 6) is -1.92. The first kappa shape index (κ1) is 20.7. The van der Waals surface area contributed by atoms with E-state index in [9.17, 15) is 35.5 Å². The van der Waals surface area contributed by atoms with Gasteiger partial charge in [-0.25, -0.2) is 9.18 Å². The Bertz CT molecular complexity index is 887. The van der Waals surface area contributed by atoms with Gasteiger partial charge in [0.2, 0.25) is 0 Å². The fraction of sp³-hybridized carbons (Fsp3) is 0.462. The zero-order valence-corrected chi connectivity index (χ0v) is 13.6. The minimum Gasteiger partial charge on any atom is -0.487 e. The van der Waals surface area contributed by atoms with Crippen LogP contribution in [-0.4, -0.2) is 49.5 Å². The highest BCUT2D eigenvalue weighted by molar-refractivity contribution is 5.48. The Morgan fingerprint density at radius 3 is 2.11 bits per heavy atom. The third kappa shape index (κ3) is 3.61. The highest BCUT2D eigenvalue weighted by Crippen LogP contribution is 2.43. The van der Waals surface area contributed by atoms with Gasteiger partial charge in [0, 0.05) is 13.1 Å². The zero-order valence-electron chi connectivity index (χ0n) is 13.6. The third-order valence-electron chi connectivity index (χ3n) is 3.56. The standard InChI is InChI=1S/C13H11F7N4O3/c1-6-3-8(24-10(25)23(2)21-22-24)9(4-7(6)14)27-5-11(26,12(15,16)17)13(18,19)20/h3-4,26H,5H2,1-2H3. The molecule has 0 fully saturated rings. The summed E-state index contributed by atoms with van der Waals surface area (Å²) in [6.07, 6.45) is -12.3. The van der Waals surface area contributed by atoms with Crippen molar-refractivity contribution in [3.63, 3.8) is 0 Å². The first-order valence-electron chi connectivity index (χ1n) is 6.97. The number of tetrazole rings is 1. The molecule has 0 bridgehead atoms. The summed E-state index contributed by atoms with van der Waals surface area (Å²) in [4.78, 5) is 11.9. The van der Waals surface area contributed by atoms with Crippen LogP contribution in [0.2, 0.25) is 0 Å². The molecule has 0 saturated heterocycles. The zero-order chi connectivity index (χ0) is 20.8. The Morgan fingerprint density at radius 1 is 1.11 bits per heavy atom. The lowest BCUT2D eigenvalue weighted by molar-refractivity contribution is -0.373. The maximum atomic E-state index is 13.8. The van der Waals surface area contributed by atoms with Crippen molar-refractivity contribution in [3.8, 4) is 11.4 Å². The van der Waals surface area contributed by atoms with E-state index in [1.165, 1.54) is 14.0 Å². The molecule has 0 aliphatic heterocycles. The molecule has 27 heavy (non-hydrogen) atoms. The fourth-order valence-corrected chi connectivity index (χ4v) is 1.90. The molecule has 1 heterocycles. The van der Waals surface area contributed by atoms with Gasteiger partial charge < -0.3 is 9.84 Å². The van der Waals surface area contributed by atoms with E-state index in [0.29, 0.717) is 15.4 Å². The summed E-state index contributed by atoms with van der Waals surface area (Å²) in [5.41, 5.74) is -6.70. The first-order chi connectivity index (χ1) is 12.2. The third-order valence-corrected chi connectivity index (χ3v) is 3.56. The van der Waals surface area contributed by atoms with E-state index in [2.05, 4.69) is 15.2 Å². The summed E-state index contributed by atoms with van der Waals surface area (Å²) >= 11 is 0. The number of aryl methyl sites for hydroxylation is 2. The van der Waals surface area contributed by atoms with Crippen molar-refractivity contribution < 1.29 is 40.6 Å². The second-order valence-corrected chi connectivity index (χ2v) is 5.51. The molecule has 0 saturated carbocycles. The van der Waals surface area contributed by atoms with Crippen molar-refractivity contribution in [2.75, 3.05) is 6.61 Å². The van der Waals surface area contributed by atoms with Gasteiger partial charge in [-0.3, -0.25) is 0 Å². The summed E-state index contributed by atoms with van der Waals surface area (Å²) in [6.45, 7) is -1.10. The van der Waals surface area contributed by atoms with Crippen molar-refractivity contribution in [2.24, 2.45) is 7.05 Å². The molecule has 0 spiro atoms. The number of rotatable bonds is 4. The molecule has 2 aromatic rings. The lowest BCUT2D eigenvalue weighted by Gasteiger charge is -2.32. The number of alkyl halides is 6. The lowest BCUT2D eigenvalue weighted by Crippen LogP contribution is -2.60. The molecule has 150 valence electrons. The molecule has 1 aromatic heterocycles. The van der Waals surface area contributed by atoms with E-state index in [1.54, 1.807) is 0 Å². The highest BCUT2D eigenvalue weighted by Gasteiger charge is 2.71. The minimum absolute atomic E-state index is 0.100. The molecule has 0 aliphatic rings. The molecular formula is C13H11F7N4O3. The van der Waals surface area contributed by atoms with Crippen LogP contribution in [-0.2, 0) is 7.05 Å². The molecule has 0 atom stereocenters. The van der Waals surface area contributed by atoms with E-state index in [4.69, 9.17) is 5.11 Å². The molecule has 7 nitrogen and oxygen atoms in total. The Labute approximate surface area is 145 Å². The van der Waals surface area contributed by atoms with E-state index in [0.717, 1.165) is 6.07 Å². The van der Waals surface area contributed by atoms with Crippen molar-refractivity contribution in [2.45, 2.75) is 24.9 Å². The maximum absolute atomic E-state index is 13.8. The predicted octanol–water partition coefficient (Wildman–Crippen LogP) is 1.65. The Kier molecular flexibility index (Phi) is 4.98. The number of halogens is 7. The lowest BCUT2D eigenvalue weighted by atomic mass is 10.0. The first-order valence-corrected chi connectivity index (χ1v) is 6.97. The van der Waals surface area contributed by atoms with Crippen LogP contribution >= 0.6 is 0 Å². The molecule has 1 aromatic carbocycles. The second kappa shape index (κ2) is 6.51. The van der Waals surface area contributed by atoms with Crippen LogP contribution in [0.3, 0.4) is 0 Å². The van der Waals surface area contributed by atoms with Gasteiger partial charge >= 0.3 is 18.0 Å². The summed E-state index contributed by atoms with van der Waals surface area (Å²) in [5, 5.41) is 15.8. The van der Waals surface area contributed by atoms with Crippen LogP contribution in [0.25, 0.3) is 5.69 Å². The molecule has 0 unspecified atom stereocenters. The van der Waals surface area contributed by atoms with Crippen LogP contribution in [0.1, 0.15) is 5.56 Å². The normalized spacial score (nSPS) is 13.1. The molecule has 0 amide bonds. The largest absolute Gasteiger partial charge is 0.487 e. The summed E-state index contributed by atoms with van der Waals surface area (Å²) in [6, 6.07) is 1.39. The van der Waals surface area contributed by atoms with Gasteiger partial charge in [0.25, 0.3) is 5.60 Å². The average molecular weight is 404 g/mol. The highest BCUT2D eigenvalue weighted by atomic mass is 19.4. The van der Waals surface area contributed by atoms with Gasteiger partial charge in [0.1, 0.15) is 23.9 Å². The Balaban J connectivity index is 2.52. The van der Waals surface area contributed by atoms with Gasteiger partial charge in [-0.05, 0) is 29.0 Å². The van der Waals surface area contributed by atoms with E-state index < -0.39 is 47.5 Å². The van der Waals surface area contributed by atoms with Crippen molar-refractivity contribution in [3.05, 3.63) is 34.0 Å². The number of hydrogen-bond donors (Lipinski definition) is 1. The SMILES string of the molecule is Cc1cc(-n2nnn(C)c2=O)c(OCC(O)(C(F)(F)F)C(F)(F)F)cc1F. The molecule has 0 radical (unpaired) electrons. The number of ether oxygens (including phenoxy) is 1. The van der Waals surface area contributed by atoms with Crippen molar-refractivity contribution >= 4 is 0 Å². The van der Waals surface area contributed by atoms with Gasteiger partial charge in [0.15, 0.2) is 0 Å². The Hall–Kier alpha value is -2.64. The van der Waals surface area contributed by atoms with Crippen LogP contribution in [0.4, 0.5) is 30.7 Å². The molecule has 1 N–H and O–H groups in total. The number of aromatic nitrogens is 4. The monoisotopic (exact) mass is 404 g/mol. The predicted molar refractivity (Wildman–Crippen MR) is 73.8 cm³/mol. The second-order valence-electron chi connectivity index (χ2n) is 5.51. The van der Waals surface area contributed by atoms with E-state index >= 15 is 0 Å². The average Bonchev–Trinajstić information content (AvgIpc) is 2.85. The number of nitrogens with zero attached hydrogens (tertiary/aromatic N) is 4. The molecule has 0 aliphatic carbocycles. The number of aliphatic hydroxyl groups is 1. The minimum atomic E-state index is -6.13. The van der Waals surface area contributed by atoms with Gasteiger partial charge in [0.05, 0.1) is 0 Å².